The van der Waals surface area contributed by atoms with E-state index in [2.05, 4.69) is 5.32 Å². The molecule has 1 atom stereocenters. The molecule has 14 heavy (non-hydrogen) atoms. The van der Waals surface area contributed by atoms with Crippen molar-refractivity contribution >= 4 is 5.69 Å². The van der Waals surface area contributed by atoms with Crippen LogP contribution in [0.2, 0.25) is 0 Å². The average molecular weight is 203 g/mol. The van der Waals surface area contributed by atoms with Gasteiger partial charge in [0.15, 0.2) is 11.6 Å². The summed E-state index contributed by atoms with van der Waals surface area (Å²) in [6, 6.07) is 0.499. The maximum Gasteiger partial charge on any atom is 0.164 e. The molecule has 0 spiro atoms. The summed E-state index contributed by atoms with van der Waals surface area (Å²) in [6.45, 7) is 0.148. The quantitative estimate of drug-likeness (QED) is 0.625. The van der Waals surface area contributed by atoms with Crippen molar-refractivity contribution in [1.82, 2.24) is 0 Å². The van der Waals surface area contributed by atoms with Crippen molar-refractivity contribution in [3.05, 3.63) is 29.1 Å². The number of benzene rings is 1. The maximum absolute atomic E-state index is 13.1. The predicted molar refractivity (Wildman–Crippen MR) is 44.5 cm³/mol. The summed E-state index contributed by atoms with van der Waals surface area (Å²) in [6.07, 6.45) is -0.874. The zero-order valence-corrected chi connectivity index (χ0v) is 7.15. The molecule has 1 heterocycles. The van der Waals surface area contributed by atoms with Gasteiger partial charge in [0.2, 0.25) is 0 Å². The van der Waals surface area contributed by atoms with Crippen molar-refractivity contribution in [3.8, 4) is 0 Å². The fourth-order valence-electron chi connectivity index (χ4n) is 1.56. The second-order valence-electron chi connectivity index (χ2n) is 3.25. The van der Waals surface area contributed by atoms with E-state index in [1.165, 1.54) is 0 Å². The summed E-state index contributed by atoms with van der Waals surface area (Å²) >= 11 is 0. The van der Waals surface area contributed by atoms with Crippen molar-refractivity contribution in [3.63, 3.8) is 0 Å². The van der Waals surface area contributed by atoms with Gasteiger partial charge in [-0.1, -0.05) is 0 Å². The number of hydrogen-bond acceptors (Lipinski definition) is 2. The Labute approximate surface area is 78.4 Å². The number of β-amino-alcohol motifs (C(OH)–C–C–N with tert-alkyl or cyclic N) is 1. The molecule has 2 N–H and O–H groups in total. The van der Waals surface area contributed by atoms with E-state index in [4.69, 9.17) is 0 Å². The Morgan fingerprint density at radius 3 is 2.71 bits per heavy atom. The largest absolute Gasteiger partial charge is 0.391 e. The van der Waals surface area contributed by atoms with Crippen LogP contribution in [0.3, 0.4) is 0 Å². The molecule has 0 saturated heterocycles. The zero-order chi connectivity index (χ0) is 10.3. The van der Waals surface area contributed by atoms with Crippen molar-refractivity contribution in [2.75, 3.05) is 11.9 Å². The first kappa shape index (κ1) is 9.33. The summed E-state index contributed by atoms with van der Waals surface area (Å²) in [7, 11) is 0. The standard InChI is InChI=1S/C9H8F3NO/c10-6-2-7(11)9-5(8(6)12)1-4(14)3-13-9/h2,4,13-14H,1,3H2. The molecule has 0 amide bonds. The van der Waals surface area contributed by atoms with Crippen molar-refractivity contribution in [1.29, 1.82) is 0 Å². The molecule has 1 aromatic carbocycles. The number of hydrogen-bond donors (Lipinski definition) is 2. The number of halogens is 3. The van der Waals surface area contributed by atoms with Crippen molar-refractivity contribution in [2.24, 2.45) is 0 Å². The molecule has 0 saturated carbocycles. The van der Waals surface area contributed by atoms with E-state index in [0.29, 0.717) is 6.07 Å². The summed E-state index contributed by atoms with van der Waals surface area (Å²) in [5.41, 5.74) is -0.171. The minimum Gasteiger partial charge on any atom is -0.391 e. The highest BCUT2D eigenvalue weighted by Crippen LogP contribution is 2.29. The van der Waals surface area contributed by atoms with E-state index in [1.54, 1.807) is 0 Å². The van der Waals surface area contributed by atoms with Gasteiger partial charge in [-0.2, -0.15) is 0 Å². The van der Waals surface area contributed by atoms with Crippen LogP contribution in [-0.2, 0) is 6.42 Å². The van der Waals surface area contributed by atoms with Crippen LogP contribution in [0.25, 0.3) is 0 Å². The molecule has 0 fully saturated rings. The fraction of sp³-hybridized carbons (Fsp3) is 0.333. The number of aliphatic hydroxyl groups excluding tert-OH is 1. The Balaban J connectivity index is 2.57. The second kappa shape index (κ2) is 3.16. The minimum absolute atomic E-state index is 0.0470. The Bertz CT molecular complexity index is 381. The van der Waals surface area contributed by atoms with Gasteiger partial charge in [-0.25, -0.2) is 13.2 Å². The number of anilines is 1. The van der Waals surface area contributed by atoms with E-state index in [-0.39, 0.29) is 24.2 Å². The Morgan fingerprint density at radius 1 is 1.29 bits per heavy atom. The number of fused-ring (bicyclic) bond motifs is 1. The minimum atomic E-state index is -1.22. The van der Waals surface area contributed by atoms with Crippen LogP contribution in [0.5, 0.6) is 0 Å². The molecule has 0 bridgehead atoms. The molecular weight excluding hydrogens is 195 g/mol. The maximum atomic E-state index is 13.1. The van der Waals surface area contributed by atoms with E-state index >= 15 is 0 Å². The van der Waals surface area contributed by atoms with Gasteiger partial charge in [-0.05, 0) is 0 Å². The lowest BCUT2D eigenvalue weighted by atomic mass is 10.0. The molecule has 0 radical (unpaired) electrons. The lowest BCUT2D eigenvalue weighted by Crippen LogP contribution is -2.29. The summed E-state index contributed by atoms with van der Waals surface area (Å²) in [5.74, 6) is -3.14. The van der Waals surface area contributed by atoms with E-state index < -0.39 is 23.6 Å². The fourth-order valence-corrected chi connectivity index (χ4v) is 1.56. The van der Waals surface area contributed by atoms with Crippen LogP contribution >= 0.6 is 0 Å². The highest BCUT2D eigenvalue weighted by molar-refractivity contribution is 5.55. The zero-order valence-electron chi connectivity index (χ0n) is 7.15. The molecule has 0 aromatic heterocycles. The first-order valence-electron chi connectivity index (χ1n) is 4.18. The molecule has 5 heteroatoms. The number of nitrogens with one attached hydrogen (secondary N) is 1. The molecule has 0 aliphatic carbocycles. The lowest BCUT2D eigenvalue weighted by Gasteiger charge is -2.23. The third-order valence-electron chi connectivity index (χ3n) is 2.22. The monoisotopic (exact) mass is 203 g/mol. The van der Waals surface area contributed by atoms with Crippen LogP contribution in [0.4, 0.5) is 18.9 Å². The Hall–Kier alpha value is -1.23. The molecule has 1 aromatic rings. The van der Waals surface area contributed by atoms with Gasteiger partial charge in [0.1, 0.15) is 5.82 Å². The van der Waals surface area contributed by atoms with Crippen LogP contribution < -0.4 is 5.32 Å². The molecule has 1 aliphatic rings. The lowest BCUT2D eigenvalue weighted by molar-refractivity contribution is 0.182. The van der Waals surface area contributed by atoms with E-state index in [9.17, 15) is 18.3 Å². The summed E-state index contributed by atoms with van der Waals surface area (Å²) < 4.78 is 39.0. The second-order valence-corrected chi connectivity index (χ2v) is 3.25. The van der Waals surface area contributed by atoms with Crippen molar-refractivity contribution in [2.45, 2.75) is 12.5 Å². The molecule has 2 rings (SSSR count). The first-order chi connectivity index (χ1) is 6.59. The van der Waals surface area contributed by atoms with Gasteiger partial charge in [-0.15, -0.1) is 0 Å². The number of aliphatic hydroxyl groups is 1. The third kappa shape index (κ3) is 1.33. The van der Waals surface area contributed by atoms with E-state index in [1.807, 2.05) is 0 Å². The van der Waals surface area contributed by atoms with Crippen LogP contribution in [0.1, 0.15) is 5.56 Å². The van der Waals surface area contributed by atoms with Crippen LogP contribution in [0, 0.1) is 17.5 Å². The highest BCUT2D eigenvalue weighted by atomic mass is 19.2. The molecule has 76 valence electrons. The summed E-state index contributed by atoms with van der Waals surface area (Å²) in [4.78, 5) is 0. The van der Waals surface area contributed by atoms with Gasteiger partial charge in [0.05, 0.1) is 11.8 Å². The normalized spacial score (nSPS) is 20.1. The Kier molecular flexibility index (Phi) is 2.11. The van der Waals surface area contributed by atoms with Crippen molar-refractivity contribution < 1.29 is 18.3 Å². The predicted octanol–water partition coefficient (Wildman–Crippen LogP) is 1.43. The van der Waals surface area contributed by atoms with Crippen LogP contribution in [-0.4, -0.2) is 17.8 Å². The molecule has 1 aliphatic heterocycles. The average Bonchev–Trinajstić information content (AvgIpc) is 2.14. The topological polar surface area (TPSA) is 32.3 Å². The molecular formula is C9H8F3NO. The SMILES string of the molecule is OC1CNc2c(F)cc(F)c(F)c2C1. The third-order valence-corrected chi connectivity index (χ3v) is 2.22. The van der Waals surface area contributed by atoms with Gasteiger partial charge >= 0.3 is 0 Å². The molecule has 2 nitrogen and oxygen atoms in total. The first-order valence-corrected chi connectivity index (χ1v) is 4.18. The van der Waals surface area contributed by atoms with Crippen LogP contribution in [0.15, 0.2) is 6.07 Å². The molecule has 1 unspecified atom stereocenters. The van der Waals surface area contributed by atoms with Gasteiger partial charge in [0, 0.05) is 24.6 Å². The summed E-state index contributed by atoms with van der Waals surface area (Å²) in [5, 5.41) is 11.7. The smallest absolute Gasteiger partial charge is 0.164 e. The van der Waals surface area contributed by atoms with Gasteiger partial charge in [0.25, 0.3) is 0 Å². The van der Waals surface area contributed by atoms with E-state index in [0.717, 1.165) is 0 Å². The highest BCUT2D eigenvalue weighted by Gasteiger charge is 2.24. The van der Waals surface area contributed by atoms with Gasteiger partial charge < -0.3 is 10.4 Å². The number of rotatable bonds is 0. The Morgan fingerprint density at radius 2 is 2.00 bits per heavy atom. The van der Waals surface area contributed by atoms with Gasteiger partial charge in [-0.3, -0.25) is 0 Å².